The van der Waals surface area contributed by atoms with Gasteiger partial charge in [0, 0.05) is 30.3 Å². The van der Waals surface area contributed by atoms with Crippen LogP contribution < -0.4 is 5.32 Å². The van der Waals surface area contributed by atoms with E-state index < -0.39 is 0 Å². The van der Waals surface area contributed by atoms with E-state index in [9.17, 15) is 4.79 Å². The minimum atomic E-state index is -0.0258. The highest BCUT2D eigenvalue weighted by atomic mass is 32.1. The largest absolute Gasteiger partial charge is 0.310 e. The number of carbonyl (C=O) groups excluding carboxylic acids is 1. The number of amides is 1. The van der Waals surface area contributed by atoms with Crippen molar-refractivity contribution in [1.29, 1.82) is 0 Å². The first-order chi connectivity index (χ1) is 13.1. The number of pyridine rings is 1. The molecule has 0 saturated carbocycles. The van der Waals surface area contributed by atoms with Gasteiger partial charge in [-0.05, 0) is 49.2 Å². The van der Waals surface area contributed by atoms with Gasteiger partial charge in [0.2, 0.25) is 11.0 Å². The Kier molecular flexibility index (Phi) is 3.58. The van der Waals surface area contributed by atoms with Gasteiger partial charge in [0.15, 0.2) is 0 Å². The molecule has 27 heavy (non-hydrogen) atoms. The molecule has 1 aromatic carbocycles. The highest BCUT2D eigenvalue weighted by Gasteiger charge is 2.33. The molecule has 1 N–H and O–H groups in total. The number of carbonyl (C=O) groups is 1. The number of hydrogen-bond acceptors (Lipinski definition) is 5. The highest BCUT2D eigenvalue weighted by molar-refractivity contribution is 7.20. The molecule has 1 unspecified atom stereocenters. The minimum absolute atomic E-state index is 0.0117. The summed E-state index contributed by atoms with van der Waals surface area (Å²) in [7, 11) is 0. The third kappa shape index (κ3) is 2.62. The van der Waals surface area contributed by atoms with Crippen LogP contribution in [0.3, 0.4) is 0 Å². The second-order valence-corrected chi connectivity index (χ2v) is 7.82. The second kappa shape index (κ2) is 5.99. The standard InChI is InChI=1S/C20H17N5OS/c1-11-3-4-15-16(9-11)27-20(22-15)25-19-18(12(2)24-25)14(10-17(26)23-19)13-5-7-21-8-6-13/h3-9,14H,10H2,1-2H3,(H,23,26). The average molecular weight is 375 g/mol. The summed E-state index contributed by atoms with van der Waals surface area (Å²) in [6.07, 6.45) is 3.93. The Hall–Kier alpha value is -3.06. The van der Waals surface area contributed by atoms with Gasteiger partial charge >= 0.3 is 0 Å². The van der Waals surface area contributed by atoms with Gasteiger partial charge < -0.3 is 5.32 Å². The van der Waals surface area contributed by atoms with E-state index in [1.165, 1.54) is 5.56 Å². The molecule has 134 valence electrons. The van der Waals surface area contributed by atoms with Crippen molar-refractivity contribution >= 4 is 33.3 Å². The summed E-state index contributed by atoms with van der Waals surface area (Å²) in [5.41, 5.74) is 5.17. The van der Waals surface area contributed by atoms with Gasteiger partial charge in [-0.2, -0.15) is 9.78 Å². The molecule has 0 radical (unpaired) electrons. The predicted octanol–water partition coefficient (Wildman–Crippen LogP) is 3.97. The van der Waals surface area contributed by atoms with Crippen LogP contribution >= 0.6 is 11.3 Å². The van der Waals surface area contributed by atoms with E-state index >= 15 is 0 Å². The molecule has 4 aromatic rings. The van der Waals surface area contributed by atoms with E-state index in [0.717, 1.165) is 38.0 Å². The first-order valence-electron chi connectivity index (χ1n) is 8.77. The Morgan fingerprint density at radius 2 is 2.00 bits per heavy atom. The summed E-state index contributed by atoms with van der Waals surface area (Å²) < 4.78 is 2.88. The molecular weight excluding hydrogens is 358 g/mol. The lowest BCUT2D eigenvalue weighted by molar-refractivity contribution is -0.116. The Labute approximate surface area is 159 Å². The zero-order chi connectivity index (χ0) is 18.5. The van der Waals surface area contributed by atoms with Crippen LogP contribution in [0.15, 0.2) is 42.7 Å². The Morgan fingerprint density at radius 3 is 2.81 bits per heavy atom. The van der Waals surface area contributed by atoms with E-state index in [1.54, 1.807) is 28.4 Å². The fourth-order valence-electron chi connectivity index (χ4n) is 3.68. The van der Waals surface area contributed by atoms with Gasteiger partial charge in [-0.15, -0.1) is 0 Å². The summed E-state index contributed by atoms with van der Waals surface area (Å²) in [6, 6.07) is 10.1. The van der Waals surface area contributed by atoms with Crippen molar-refractivity contribution in [3.05, 3.63) is 65.1 Å². The fraction of sp³-hybridized carbons (Fsp3) is 0.200. The molecule has 1 amide bonds. The zero-order valence-corrected chi connectivity index (χ0v) is 15.7. The van der Waals surface area contributed by atoms with Gasteiger partial charge in [0.25, 0.3) is 0 Å². The number of nitrogens with one attached hydrogen (secondary N) is 1. The summed E-state index contributed by atoms with van der Waals surface area (Å²) >= 11 is 1.58. The monoisotopic (exact) mass is 375 g/mol. The van der Waals surface area contributed by atoms with Crippen molar-refractivity contribution in [3.63, 3.8) is 0 Å². The first kappa shape index (κ1) is 16.1. The van der Waals surface area contributed by atoms with Crippen molar-refractivity contribution < 1.29 is 4.79 Å². The van der Waals surface area contributed by atoms with Crippen LogP contribution in [0.2, 0.25) is 0 Å². The summed E-state index contributed by atoms with van der Waals surface area (Å²) in [5.74, 6) is 0.686. The minimum Gasteiger partial charge on any atom is -0.310 e. The number of benzene rings is 1. The van der Waals surface area contributed by atoms with Crippen LogP contribution in [-0.4, -0.2) is 25.7 Å². The van der Waals surface area contributed by atoms with Crippen molar-refractivity contribution in [3.8, 4) is 5.13 Å². The van der Waals surface area contributed by atoms with Gasteiger partial charge in [0.05, 0.1) is 15.9 Å². The van der Waals surface area contributed by atoms with Crippen molar-refractivity contribution in [2.45, 2.75) is 26.2 Å². The molecule has 5 rings (SSSR count). The summed E-state index contributed by atoms with van der Waals surface area (Å²) in [6.45, 7) is 4.05. The van der Waals surface area contributed by atoms with E-state index in [0.29, 0.717) is 6.42 Å². The normalized spacial score (nSPS) is 16.4. The average Bonchev–Trinajstić information content (AvgIpc) is 3.22. The lowest BCUT2D eigenvalue weighted by Crippen LogP contribution is -2.24. The quantitative estimate of drug-likeness (QED) is 0.575. The van der Waals surface area contributed by atoms with E-state index in [1.807, 2.05) is 25.1 Å². The lowest BCUT2D eigenvalue weighted by atomic mass is 9.86. The number of aromatic nitrogens is 4. The maximum Gasteiger partial charge on any atom is 0.226 e. The van der Waals surface area contributed by atoms with Crippen LogP contribution in [-0.2, 0) is 4.79 Å². The zero-order valence-electron chi connectivity index (χ0n) is 14.9. The molecule has 0 saturated heterocycles. The maximum absolute atomic E-state index is 12.4. The molecule has 6 nitrogen and oxygen atoms in total. The van der Waals surface area contributed by atoms with E-state index in [-0.39, 0.29) is 11.8 Å². The Morgan fingerprint density at radius 1 is 1.19 bits per heavy atom. The van der Waals surface area contributed by atoms with Crippen LogP contribution in [0, 0.1) is 13.8 Å². The van der Waals surface area contributed by atoms with Crippen LogP contribution in [0.1, 0.15) is 34.7 Å². The predicted molar refractivity (Wildman–Crippen MR) is 106 cm³/mol. The Bertz CT molecular complexity index is 1180. The van der Waals surface area contributed by atoms with Gasteiger partial charge in [0.1, 0.15) is 5.82 Å². The van der Waals surface area contributed by atoms with Gasteiger partial charge in [-0.25, -0.2) is 4.98 Å². The number of nitrogens with zero attached hydrogens (tertiary/aromatic N) is 4. The van der Waals surface area contributed by atoms with Crippen molar-refractivity contribution in [2.24, 2.45) is 0 Å². The molecule has 4 heterocycles. The summed E-state index contributed by atoms with van der Waals surface area (Å²) in [5, 5.41) is 8.50. The number of anilines is 1. The SMILES string of the molecule is Cc1ccc2nc(-n3nc(C)c4c3NC(=O)CC4c3ccncc3)sc2c1. The maximum atomic E-state index is 12.4. The molecule has 0 aliphatic carbocycles. The van der Waals surface area contributed by atoms with Gasteiger partial charge in [-0.1, -0.05) is 17.4 Å². The van der Waals surface area contributed by atoms with Crippen LogP contribution in [0.25, 0.3) is 15.3 Å². The molecule has 0 fully saturated rings. The summed E-state index contributed by atoms with van der Waals surface area (Å²) in [4.78, 5) is 21.3. The fourth-order valence-corrected chi connectivity index (χ4v) is 4.70. The van der Waals surface area contributed by atoms with Crippen LogP contribution in [0.5, 0.6) is 0 Å². The topological polar surface area (TPSA) is 72.7 Å². The number of rotatable bonds is 2. The van der Waals surface area contributed by atoms with Gasteiger partial charge in [-0.3, -0.25) is 9.78 Å². The Balaban J connectivity index is 1.68. The number of fused-ring (bicyclic) bond motifs is 2. The number of thiazole rings is 1. The molecule has 0 bridgehead atoms. The molecule has 1 atom stereocenters. The van der Waals surface area contributed by atoms with E-state index in [2.05, 4.69) is 29.4 Å². The smallest absolute Gasteiger partial charge is 0.226 e. The third-order valence-corrected chi connectivity index (χ3v) is 5.92. The van der Waals surface area contributed by atoms with E-state index in [4.69, 9.17) is 10.1 Å². The third-order valence-electron chi connectivity index (χ3n) is 4.92. The number of aryl methyl sites for hydroxylation is 2. The lowest BCUT2D eigenvalue weighted by Gasteiger charge is -2.23. The highest BCUT2D eigenvalue weighted by Crippen LogP contribution is 2.40. The molecule has 0 spiro atoms. The second-order valence-electron chi connectivity index (χ2n) is 6.81. The molecule has 3 aromatic heterocycles. The van der Waals surface area contributed by atoms with Crippen molar-refractivity contribution in [1.82, 2.24) is 19.7 Å². The van der Waals surface area contributed by atoms with Crippen molar-refractivity contribution in [2.75, 3.05) is 5.32 Å². The number of hydrogen-bond donors (Lipinski definition) is 1. The molecule has 1 aliphatic rings. The molecular formula is C20H17N5OS. The first-order valence-corrected chi connectivity index (χ1v) is 9.58. The molecule has 1 aliphatic heterocycles. The molecule has 7 heteroatoms. The van der Waals surface area contributed by atoms with Crippen LogP contribution in [0.4, 0.5) is 5.82 Å².